The molecule has 1 aliphatic rings. The van der Waals surface area contributed by atoms with Gasteiger partial charge in [-0.05, 0) is 23.6 Å². The predicted molar refractivity (Wildman–Crippen MR) is 85.2 cm³/mol. The van der Waals surface area contributed by atoms with Gasteiger partial charge in [0, 0.05) is 0 Å². The Morgan fingerprint density at radius 2 is 1.85 bits per heavy atom. The molecular weight excluding hydrogens is 476 g/mol. The third kappa shape index (κ3) is 4.25. The van der Waals surface area contributed by atoms with Gasteiger partial charge in [0.2, 0.25) is 0 Å². The van der Waals surface area contributed by atoms with Gasteiger partial charge in [-0.1, -0.05) is 22.6 Å². The number of anilines is 1. The van der Waals surface area contributed by atoms with Crippen LogP contribution in [0.4, 0.5) is 32.0 Å². The monoisotopic (exact) mass is 484 g/mol. The maximum absolute atomic E-state index is 13.2. The molecule has 3 rings (SSSR count). The molecule has 0 radical (unpaired) electrons. The zero-order valence-electron chi connectivity index (χ0n) is 13.1. The number of fused-ring (bicyclic) bond motifs is 2. The number of alkyl halides is 7. The van der Waals surface area contributed by atoms with Crippen molar-refractivity contribution in [3.05, 3.63) is 34.1 Å². The van der Waals surface area contributed by atoms with Crippen LogP contribution in [0.1, 0.15) is 5.56 Å². The van der Waals surface area contributed by atoms with Gasteiger partial charge in [-0.25, -0.2) is 0 Å². The minimum absolute atomic E-state index is 0. The van der Waals surface area contributed by atoms with Crippen molar-refractivity contribution in [2.75, 3.05) is 18.1 Å². The van der Waals surface area contributed by atoms with Crippen molar-refractivity contribution in [3.8, 4) is 5.75 Å². The molecular formula is C14H8F6ILiN2O2. The van der Waals surface area contributed by atoms with E-state index in [4.69, 9.17) is 4.74 Å². The first-order valence-electron chi connectivity index (χ1n) is 6.79. The van der Waals surface area contributed by atoms with E-state index in [1.807, 2.05) is 0 Å². The van der Waals surface area contributed by atoms with E-state index in [2.05, 4.69) is 4.98 Å². The number of hydrogen-bond acceptors (Lipinski definition) is 3. The van der Waals surface area contributed by atoms with Crippen LogP contribution in [0.25, 0.3) is 10.9 Å². The number of nitrogens with zero attached hydrogens (tertiary/aromatic N) is 2. The minimum Gasteiger partial charge on any atom is -0.623 e. The Kier molecular flexibility index (Phi) is 5.85. The minimum atomic E-state index is -4.84. The van der Waals surface area contributed by atoms with Crippen LogP contribution in [0.3, 0.4) is 0 Å². The molecule has 12 heteroatoms. The Bertz CT molecular complexity index is 883. The Hall–Kier alpha value is -1.06. The molecule has 0 N–H and O–H groups in total. The second-order valence-corrected chi connectivity index (χ2v) is 6.77. The summed E-state index contributed by atoms with van der Waals surface area (Å²) in [5, 5.41) is -0.452. The Morgan fingerprint density at radius 3 is 2.42 bits per heavy atom. The second-order valence-electron chi connectivity index (χ2n) is 5.33. The van der Waals surface area contributed by atoms with E-state index in [1.165, 1.54) is 0 Å². The van der Waals surface area contributed by atoms with Crippen molar-refractivity contribution in [2.24, 2.45) is 0 Å². The van der Waals surface area contributed by atoms with Crippen LogP contribution in [0.15, 0.2) is 23.0 Å². The van der Waals surface area contributed by atoms with Gasteiger partial charge in [-0.2, -0.15) is 26.3 Å². The second kappa shape index (κ2) is 7.16. The molecule has 1 aromatic carbocycles. The quantitative estimate of drug-likeness (QED) is 0.197. The summed E-state index contributed by atoms with van der Waals surface area (Å²) in [6.07, 6.45) is -9.39. The number of hydrogen-bond donors (Lipinski definition) is 0. The first kappa shape index (κ1) is 21.2. The number of halogens is 7. The molecule has 26 heavy (non-hydrogen) atoms. The molecule has 0 amide bonds. The topological polar surface area (TPSA) is 43.6 Å². The fourth-order valence-corrected chi connectivity index (χ4v) is 3.25. The van der Waals surface area contributed by atoms with Crippen molar-refractivity contribution in [3.63, 3.8) is 0 Å². The van der Waals surface area contributed by atoms with Gasteiger partial charge in [-0.3, -0.25) is 0 Å². The molecule has 2 heterocycles. The average molecular weight is 484 g/mol. The molecule has 0 bridgehead atoms. The van der Waals surface area contributed by atoms with E-state index >= 15 is 0 Å². The van der Waals surface area contributed by atoms with Crippen LogP contribution in [0.2, 0.25) is 0 Å². The first-order chi connectivity index (χ1) is 11.5. The van der Waals surface area contributed by atoms with E-state index < -0.39 is 39.5 Å². The summed E-state index contributed by atoms with van der Waals surface area (Å²) < 4.78 is 82.6. The van der Waals surface area contributed by atoms with Crippen molar-refractivity contribution in [1.29, 1.82) is 0 Å². The van der Waals surface area contributed by atoms with Gasteiger partial charge in [-0.15, -0.1) is 5.52 Å². The summed E-state index contributed by atoms with van der Waals surface area (Å²) >= 11 is 1.72. The van der Waals surface area contributed by atoms with Crippen molar-refractivity contribution < 1.29 is 49.9 Å². The first-order valence-corrected chi connectivity index (χ1v) is 8.03. The van der Waals surface area contributed by atoms with Crippen molar-refractivity contribution in [1.82, 2.24) is 4.98 Å². The van der Waals surface area contributed by atoms with E-state index in [0.29, 0.717) is 6.07 Å². The zero-order chi connectivity index (χ0) is 18.6. The number of ether oxygens (including phenoxy) is 1. The maximum atomic E-state index is 13.2. The smallest absolute Gasteiger partial charge is 0.623 e. The predicted octanol–water partition coefficient (Wildman–Crippen LogP) is 0.702. The van der Waals surface area contributed by atoms with E-state index in [0.717, 1.165) is 17.0 Å². The van der Waals surface area contributed by atoms with Crippen LogP contribution in [-0.2, 0) is 6.18 Å². The average Bonchev–Trinajstić information content (AvgIpc) is 2.46. The van der Waals surface area contributed by atoms with E-state index in [1.54, 1.807) is 22.6 Å². The van der Waals surface area contributed by atoms with Crippen molar-refractivity contribution >= 4 is 39.2 Å². The molecule has 0 unspecified atom stereocenters. The molecule has 0 spiro atoms. The zero-order valence-corrected chi connectivity index (χ0v) is 15.2. The summed E-state index contributed by atoms with van der Waals surface area (Å²) in [6.45, 7) is -1.42. The Balaban J connectivity index is 0.00000243. The molecule has 1 atom stereocenters. The summed E-state index contributed by atoms with van der Waals surface area (Å²) in [4.78, 5) is 15.8. The van der Waals surface area contributed by atoms with Crippen LogP contribution in [0, 0.1) is 0 Å². The van der Waals surface area contributed by atoms with Gasteiger partial charge < -0.3 is 19.4 Å². The molecule has 4 nitrogen and oxygen atoms in total. The molecule has 136 valence electrons. The Labute approximate surface area is 168 Å². The fraction of sp³-hybridized carbons (Fsp3) is 0.357. The number of aromatic nitrogens is 1. The molecule has 0 saturated heterocycles. The SMILES string of the molecule is O=c1cc(C(F)(F)F)c2cc3c(cc2[n-]1)OC[C@@H](I)N3CC(F)(F)F.[Li+]. The largest absolute Gasteiger partial charge is 1.00 e. The summed E-state index contributed by atoms with van der Waals surface area (Å²) in [6, 6.07) is 2.33. The molecule has 0 aliphatic carbocycles. The number of rotatable bonds is 1. The summed E-state index contributed by atoms with van der Waals surface area (Å²) in [5.74, 6) is -0.0455. The maximum Gasteiger partial charge on any atom is 1.00 e. The summed E-state index contributed by atoms with van der Waals surface area (Å²) in [7, 11) is 0. The van der Waals surface area contributed by atoms with Crippen LogP contribution >= 0.6 is 22.6 Å². The van der Waals surface area contributed by atoms with Gasteiger partial charge in [0.1, 0.15) is 22.9 Å². The number of pyridine rings is 1. The third-order valence-corrected chi connectivity index (χ3v) is 4.58. The van der Waals surface area contributed by atoms with Crippen LogP contribution < -0.4 is 39.0 Å². The molecule has 1 aliphatic heterocycles. The molecule has 0 fully saturated rings. The number of benzene rings is 1. The fourth-order valence-electron chi connectivity index (χ4n) is 2.57. The normalized spacial score (nSPS) is 17.5. The standard InChI is InChI=1S/C14H9F6IN2O2.Li/c15-13(16,17)5-23-9-1-6-7(14(18,19)20)2-12(24)22-8(6)3-10(9)25-4-11(23)21;/h1-3,11H,4-5H2,(H,22,24);/q;+1/p-1/t11-;/m0./s1. The molecule has 0 saturated carbocycles. The molecule has 1 aromatic heterocycles. The third-order valence-electron chi connectivity index (χ3n) is 3.54. The van der Waals surface area contributed by atoms with Crippen LogP contribution in [0.5, 0.6) is 5.75 Å². The van der Waals surface area contributed by atoms with Gasteiger partial charge in [0.25, 0.3) is 0 Å². The van der Waals surface area contributed by atoms with E-state index in [9.17, 15) is 31.1 Å². The molecule has 2 aromatic rings. The Morgan fingerprint density at radius 1 is 1.19 bits per heavy atom. The van der Waals surface area contributed by atoms with Crippen LogP contribution in [-0.4, -0.2) is 23.4 Å². The van der Waals surface area contributed by atoms with E-state index in [-0.39, 0.29) is 42.4 Å². The van der Waals surface area contributed by atoms with Gasteiger partial charge >= 0.3 is 31.2 Å². The van der Waals surface area contributed by atoms with Gasteiger partial charge in [0.05, 0.1) is 16.8 Å². The summed E-state index contributed by atoms with van der Waals surface area (Å²) in [5.41, 5.74) is -2.73. The van der Waals surface area contributed by atoms with Crippen molar-refractivity contribution in [2.45, 2.75) is 16.4 Å². The van der Waals surface area contributed by atoms with Gasteiger partial charge in [0.15, 0.2) is 0 Å².